The second-order valence-electron chi connectivity index (χ2n) is 6.80. The molecule has 0 bridgehead atoms. The number of hydrogen-bond acceptors (Lipinski definition) is 2. The Morgan fingerprint density at radius 3 is 2.00 bits per heavy atom. The zero-order valence-electron chi connectivity index (χ0n) is 17.0. The van der Waals surface area contributed by atoms with Crippen molar-refractivity contribution in [3.63, 3.8) is 0 Å². The van der Waals surface area contributed by atoms with Gasteiger partial charge in [-0.05, 0) is 42.5 Å². The molecule has 2 nitrogen and oxygen atoms in total. The van der Waals surface area contributed by atoms with Gasteiger partial charge in [-0.15, -0.1) is 0 Å². The van der Waals surface area contributed by atoms with E-state index in [0.717, 1.165) is 17.8 Å². The summed E-state index contributed by atoms with van der Waals surface area (Å²) in [4.78, 5) is 14.1. The number of carbonyl (C=O) groups is 1. The molecule has 0 unspecified atom stereocenters. The van der Waals surface area contributed by atoms with Crippen LogP contribution in [0.25, 0.3) is 0 Å². The number of likely N-dealkylation sites (N-methyl/N-ethyl adjacent to an activating group) is 1. The molecule has 0 aliphatic rings. The number of anilines is 1. The summed E-state index contributed by atoms with van der Waals surface area (Å²) in [7, 11) is 1.95. The fraction of sp³-hybridized carbons (Fsp3) is 0.500. The normalized spacial score (nSPS) is 12.4. The van der Waals surface area contributed by atoms with Crippen LogP contribution >= 0.6 is 0 Å². The van der Waals surface area contributed by atoms with Crippen molar-refractivity contribution in [2.24, 2.45) is 5.41 Å². The van der Waals surface area contributed by atoms with Crippen molar-refractivity contribution in [1.29, 1.82) is 0 Å². The Balaban J connectivity index is 0.00000254. The maximum Gasteiger partial charge on any atom is 0.176 e. The van der Waals surface area contributed by atoms with Crippen molar-refractivity contribution in [2.45, 2.75) is 61.8 Å². The Morgan fingerprint density at radius 2 is 1.62 bits per heavy atom. The van der Waals surface area contributed by atoms with Gasteiger partial charge in [-0.25, -0.2) is 0 Å². The van der Waals surface area contributed by atoms with Crippen LogP contribution < -0.4 is 4.90 Å². The van der Waals surface area contributed by atoms with E-state index in [1.165, 1.54) is 11.1 Å². The molecule has 0 amide bonds. The van der Waals surface area contributed by atoms with E-state index in [2.05, 4.69) is 52.8 Å². The topological polar surface area (TPSA) is 20.3 Å². The third-order valence-corrected chi connectivity index (χ3v) is 3.73. The van der Waals surface area contributed by atoms with Crippen LogP contribution in [-0.2, 0) is 4.79 Å². The van der Waals surface area contributed by atoms with Crippen molar-refractivity contribution < 1.29 is 4.79 Å². The van der Waals surface area contributed by atoms with Gasteiger partial charge in [-0.2, -0.15) is 0 Å². The molecule has 0 aliphatic carbocycles. The Hall–Kier alpha value is -1.83. The second kappa shape index (κ2) is 10.1. The number of ketones is 1. The van der Waals surface area contributed by atoms with Gasteiger partial charge in [-0.3, -0.25) is 4.79 Å². The number of allylic oxidation sites excluding steroid dienone is 4. The van der Waals surface area contributed by atoms with E-state index < -0.39 is 0 Å². The molecule has 0 radical (unpaired) electrons. The Bertz CT molecular complexity index is 571. The second-order valence-corrected chi connectivity index (χ2v) is 6.80. The van der Waals surface area contributed by atoms with Crippen LogP contribution in [0.4, 0.5) is 5.69 Å². The zero-order chi connectivity index (χ0) is 18.9. The highest BCUT2D eigenvalue weighted by Crippen LogP contribution is 2.29. The molecule has 0 heterocycles. The lowest BCUT2D eigenvalue weighted by atomic mass is 9.85. The molecule has 0 N–H and O–H groups in total. The summed E-state index contributed by atoms with van der Waals surface area (Å²) >= 11 is 0. The lowest BCUT2D eigenvalue weighted by molar-refractivity contribution is -0.113. The van der Waals surface area contributed by atoms with Crippen molar-refractivity contribution >= 4 is 11.5 Å². The van der Waals surface area contributed by atoms with E-state index in [0.29, 0.717) is 0 Å². The van der Waals surface area contributed by atoms with E-state index in [-0.39, 0.29) is 11.2 Å². The smallest absolute Gasteiger partial charge is 0.176 e. The number of carbonyl (C=O) groups excluding carboxylic acids is 1. The number of rotatable bonds is 5. The SMILES string of the molecule is CC.CC/C=C(/C=C(/C(C)=O)N(C)c1ccc(C)cc1)C(C)(C)C. The summed E-state index contributed by atoms with van der Waals surface area (Å²) in [6.07, 6.45) is 5.19. The van der Waals surface area contributed by atoms with Gasteiger partial charge in [0.1, 0.15) is 0 Å². The summed E-state index contributed by atoms with van der Waals surface area (Å²) in [6, 6.07) is 8.23. The minimum absolute atomic E-state index is 0.0187. The van der Waals surface area contributed by atoms with Gasteiger partial charge in [0.2, 0.25) is 0 Å². The predicted molar refractivity (Wildman–Crippen MR) is 108 cm³/mol. The quantitative estimate of drug-likeness (QED) is 0.466. The Labute approximate surface area is 149 Å². The van der Waals surface area contributed by atoms with E-state index in [1.807, 2.05) is 44.0 Å². The molecule has 24 heavy (non-hydrogen) atoms. The lowest BCUT2D eigenvalue weighted by Gasteiger charge is -2.25. The summed E-state index contributed by atoms with van der Waals surface area (Å²) in [5, 5.41) is 0. The molecule has 0 aromatic heterocycles. The number of aryl methyl sites for hydroxylation is 1. The van der Waals surface area contributed by atoms with Gasteiger partial charge in [0, 0.05) is 19.7 Å². The van der Waals surface area contributed by atoms with Crippen LogP contribution in [0.2, 0.25) is 0 Å². The Morgan fingerprint density at radius 1 is 1.12 bits per heavy atom. The molecule has 2 heteroatoms. The lowest BCUT2D eigenvalue weighted by Crippen LogP contribution is -2.23. The molecule has 0 saturated carbocycles. The first-order valence-electron chi connectivity index (χ1n) is 8.90. The summed E-state index contributed by atoms with van der Waals surface area (Å²) in [5.74, 6) is 0.0781. The summed E-state index contributed by atoms with van der Waals surface area (Å²) in [5.41, 5.74) is 4.17. The first-order chi connectivity index (χ1) is 11.2. The number of hydrogen-bond donors (Lipinski definition) is 0. The van der Waals surface area contributed by atoms with Crippen LogP contribution in [0.5, 0.6) is 0 Å². The fourth-order valence-corrected chi connectivity index (χ4v) is 2.29. The average Bonchev–Trinajstić information content (AvgIpc) is 2.52. The summed E-state index contributed by atoms with van der Waals surface area (Å²) in [6.45, 7) is 16.3. The molecular formula is C22H35NO. The number of nitrogens with zero attached hydrogens (tertiary/aromatic N) is 1. The third kappa shape index (κ3) is 6.74. The maximum atomic E-state index is 12.2. The predicted octanol–water partition coefficient (Wildman–Crippen LogP) is 6.31. The number of Topliss-reactive ketones (excluding diaryl/α,β-unsaturated/α-hetero) is 1. The van der Waals surface area contributed by atoms with Crippen molar-refractivity contribution in [3.8, 4) is 0 Å². The molecule has 1 rings (SSSR count). The first kappa shape index (κ1) is 22.2. The van der Waals surface area contributed by atoms with Crippen LogP contribution in [0, 0.1) is 12.3 Å². The van der Waals surface area contributed by atoms with Crippen LogP contribution in [0.15, 0.2) is 47.7 Å². The van der Waals surface area contributed by atoms with Gasteiger partial charge in [0.15, 0.2) is 5.78 Å². The van der Waals surface area contributed by atoms with Gasteiger partial charge in [0.25, 0.3) is 0 Å². The highest BCUT2D eigenvalue weighted by molar-refractivity contribution is 5.97. The molecule has 0 spiro atoms. The largest absolute Gasteiger partial charge is 0.342 e. The van der Waals surface area contributed by atoms with Crippen molar-refractivity contribution in [1.82, 2.24) is 0 Å². The molecule has 0 fully saturated rings. The average molecular weight is 330 g/mol. The van der Waals surface area contributed by atoms with Gasteiger partial charge >= 0.3 is 0 Å². The third-order valence-electron chi connectivity index (χ3n) is 3.73. The minimum Gasteiger partial charge on any atom is -0.342 e. The van der Waals surface area contributed by atoms with Gasteiger partial charge < -0.3 is 4.90 Å². The monoisotopic (exact) mass is 329 g/mol. The molecular weight excluding hydrogens is 294 g/mol. The van der Waals surface area contributed by atoms with E-state index in [9.17, 15) is 4.79 Å². The van der Waals surface area contributed by atoms with Gasteiger partial charge in [0.05, 0.1) is 5.70 Å². The van der Waals surface area contributed by atoms with E-state index in [4.69, 9.17) is 0 Å². The molecule has 0 atom stereocenters. The van der Waals surface area contributed by atoms with Crippen LogP contribution in [0.1, 0.15) is 60.5 Å². The highest BCUT2D eigenvalue weighted by atomic mass is 16.1. The highest BCUT2D eigenvalue weighted by Gasteiger charge is 2.19. The molecule has 134 valence electrons. The van der Waals surface area contributed by atoms with Crippen molar-refractivity contribution in [3.05, 3.63) is 53.3 Å². The minimum atomic E-state index is 0.0187. The number of benzene rings is 1. The summed E-state index contributed by atoms with van der Waals surface area (Å²) < 4.78 is 0. The first-order valence-corrected chi connectivity index (χ1v) is 8.90. The van der Waals surface area contributed by atoms with Gasteiger partial charge in [-0.1, -0.05) is 65.3 Å². The molecule has 1 aromatic carbocycles. The zero-order valence-corrected chi connectivity index (χ0v) is 17.0. The van der Waals surface area contributed by atoms with Crippen LogP contribution in [-0.4, -0.2) is 12.8 Å². The Kier molecular flexibility index (Phi) is 9.35. The molecule has 1 aromatic rings. The molecule has 0 aliphatic heterocycles. The van der Waals surface area contributed by atoms with Crippen molar-refractivity contribution in [2.75, 3.05) is 11.9 Å². The van der Waals surface area contributed by atoms with E-state index in [1.54, 1.807) is 6.92 Å². The molecule has 0 saturated heterocycles. The van der Waals surface area contributed by atoms with E-state index >= 15 is 0 Å². The maximum absolute atomic E-state index is 12.2. The van der Waals surface area contributed by atoms with Crippen LogP contribution in [0.3, 0.4) is 0 Å². The fourth-order valence-electron chi connectivity index (χ4n) is 2.29. The standard InChI is InChI=1S/C20H29NO.C2H6/c1-8-9-17(20(4,5)6)14-19(16(3)22)21(7)18-12-10-15(2)11-13-18;1-2/h9-14H,8H2,1-7H3;1-2H3/b17-9-,19-14-;.